The van der Waals surface area contributed by atoms with Crippen LogP contribution in [0, 0.1) is 0 Å². The van der Waals surface area contributed by atoms with Crippen molar-refractivity contribution in [2.24, 2.45) is 5.73 Å². The van der Waals surface area contributed by atoms with Crippen LogP contribution in [0.3, 0.4) is 0 Å². The zero-order valence-electron chi connectivity index (χ0n) is 9.69. The maximum absolute atomic E-state index is 9.66. The molecular formula is C11H17NO4. The van der Waals surface area contributed by atoms with Crippen LogP contribution in [0.15, 0.2) is 12.1 Å². The summed E-state index contributed by atoms with van der Waals surface area (Å²) in [5.74, 6) is 1.51. The third kappa shape index (κ3) is 2.37. The zero-order chi connectivity index (χ0) is 12.1. The molecule has 0 aliphatic heterocycles. The lowest BCUT2D eigenvalue weighted by atomic mass is 10.1. The molecule has 0 spiro atoms. The second-order valence-corrected chi connectivity index (χ2v) is 3.21. The quantitative estimate of drug-likeness (QED) is 0.774. The molecule has 1 aromatic rings. The fraction of sp³-hybridized carbons (Fsp3) is 0.455. The van der Waals surface area contributed by atoms with Gasteiger partial charge in [-0.05, 0) is 17.7 Å². The van der Waals surface area contributed by atoms with Crippen molar-refractivity contribution < 1.29 is 19.3 Å². The van der Waals surface area contributed by atoms with E-state index in [0.717, 1.165) is 0 Å². The van der Waals surface area contributed by atoms with Gasteiger partial charge in [-0.25, -0.2) is 0 Å². The highest BCUT2D eigenvalue weighted by Gasteiger charge is 2.16. The van der Waals surface area contributed by atoms with E-state index in [1.54, 1.807) is 12.1 Å². The van der Waals surface area contributed by atoms with Crippen molar-refractivity contribution in [1.29, 1.82) is 0 Å². The average Bonchev–Trinajstić information content (AvgIpc) is 2.35. The molecule has 0 aliphatic rings. The number of benzene rings is 1. The molecule has 0 saturated carbocycles. The second kappa shape index (κ2) is 5.58. The minimum atomic E-state index is -0.742. The molecule has 0 aromatic heterocycles. The van der Waals surface area contributed by atoms with Gasteiger partial charge >= 0.3 is 0 Å². The highest BCUT2D eigenvalue weighted by Crippen LogP contribution is 2.39. The normalized spacial score (nSPS) is 12.1. The van der Waals surface area contributed by atoms with Gasteiger partial charge in [-0.3, -0.25) is 0 Å². The van der Waals surface area contributed by atoms with Crippen molar-refractivity contribution in [3.63, 3.8) is 0 Å². The third-order valence-corrected chi connectivity index (χ3v) is 2.30. The predicted octanol–water partition coefficient (Wildman–Crippen LogP) is 0.705. The standard InChI is InChI=1S/C11H17NO4/c1-14-9-4-7(8(13)6-12)5-10(15-2)11(9)16-3/h4-5,8,13H,6,12H2,1-3H3/t8-/m0/s1. The molecule has 0 fully saturated rings. The van der Waals surface area contributed by atoms with Crippen LogP contribution in [0.5, 0.6) is 17.2 Å². The first-order chi connectivity index (χ1) is 7.67. The summed E-state index contributed by atoms with van der Waals surface area (Å²) in [5, 5.41) is 9.66. The van der Waals surface area contributed by atoms with Crippen LogP contribution in [0.4, 0.5) is 0 Å². The molecule has 3 N–H and O–H groups in total. The van der Waals surface area contributed by atoms with Gasteiger partial charge in [0.1, 0.15) is 0 Å². The van der Waals surface area contributed by atoms with E-state index in [-0.39, 0.29) is 6.54 Å². The van der Waals surface area contributed by atoms with E-state index in [0.29, 0.717) is 22.8 Å². The Morgan fingerprint density at radius 3 is 1.94 bits per heavy atom. The van der Waals surface area contributed by atoms with Gasteiger partial charge in [0.15, 0.2) is 11.5 Å². The van der Waals surface area contributed by atoms with Gasteiger partial charge in [0.05, 0.1) is 27.4 Å². The molecular weight excluding hydrogens is 210 g/mol. The molecule has 5 heteroatoms. The number of aliphatic hydroxyl groups is 1. The second-order valence-electron chi connectivity index (χ2n) is 3.21. The SMILES string of the molecule is COc1cc([C@@H](O)CN)cc(OC)c1OC. The average molecular weight is 227 g/mol. The summed E-state index contributed by atoms with van der Waals surface area (Å²) in [7, 11) is 4.57. The van der Waals surface area contributed by atoms with Gasteiger partial charge in [-0.1, -0.05) is 0 Å². The maximum Gasteiger partial charge on any atom is 0.203 e. The van der Waals surface area contributed by atoms with Crippen LogP contribution in [0.25, 0.3) is 0 Å². The summed E-state index contributed by atoms with van der Waals surface area (Å²) >= 11 is 0. The fourth-order valence-corrected chi connectivity index (χ4v) is 1.43. The first-order valence-corrected chi connectivity index (χ1v) is 4.86. The summed E-state index contributed by atoms with van der Waals surface area (Å²) in [6.45, 7) is 0.138. The molecule has 1 atom stereocenters. The molecule has 0 heterocycles. The summed E-state index contributed by atoms with van der Waals surface area (Å²) < 4.78 is 15.5. The predicted molar refractivity (Wildman–Crippen MR) is 60.1 cm³/mol. The van der Waals surface area contributed by atoms with Crippen LogP contribution in [-0.4, -0.2) is 33.0 Å². The van der Waals surface area contributed by atoms with Gasteiger partial charge in [0.25, 0.3) is 0 Å². The Morgan fingerprint density at radius 1 is 1.12 bits per heavy atom. The first kappa shape index (κ1) is 12.6. The molecule has 0 bridgehead atoms. The molecule has 90 valence electrons. The maximum atomic E-state index is 9.66. The zero-order valence-corrected chi connectivity index (χ0v) is 9.69. The fourth-order valence-electron chi connectivity index (χ4n) is 1.43. The van der Waals surface area contributed by atoms with Crippen LogP contribution < -0.4 is 19.9 Å². The highest BCUT2D eigenvalue weighted by atomic mass is 16.5. The number of methoxy groups -OCH3 is 3. The van der Waals surface area contributed by atoms with Crippen molar-refractivity contribution in [3.05, 3.63) is 17.7 Å². The first-order valence-electron chi connectivity index (χ1n) is 4.86. The van der Waals surface area contributed by atoms with E-state index in [4.69, 9.17) is 19.9 Å². The minimum Gasteiger partial charge on any atom is -0.493 e. The number of hydrogen-bond donors (Lipinski definition) is 2. The largest absolute Gasteiger partial charge is 0.493 e. The summed E-state index contributed by atoms with van der Waals surface area (Å²) in [6.07, 6.45) is -0.742. The van der Waals surface area contributed by atoms with Gasteiger partial charge in [-0.2, -0.15) is 0 Å². The molecule has 0 unspecified atom stereocenters. The van der Waals surface area contributed by atoms with Crippen LogP contribution >= 0.6 is 0 Å². The smallest absolute Gasteiger partial charge is 0.203 e. The number of rotatable bonds is 5. The van der Waals surface area contributed by atoms with Crippen LogP contribution in [0.2, 0.25) is 0 Å². The molecule has 1 rings (SSSR count). The lowest BCUT2D eigenvalue weighted by Gasteiger charge is -2.16. The van der Waals surface area contributed by atoms with Crippen molar-refractivity contribution in [2.75, 3.05) is 27.9 Å². The monoisotopic (exact) mass is 227 g/mol. The summed E-state index contributed by atoms with van der Waals surface area (Å²) in [6, 6.07) is 3.36. The van der Waals surface area contributed by atoms with Crippen molar-refractivity contribution in [3.8, 4) is 17.2 Å². The van der Waals surface area contributed by atoms with E-state index >= 15 is 0 Å². The summed E-state index contributed by atoms with van der Waals surface area (Å²) in [5.41, 5.74) is 6.03. The lowest BCUT2D eigenvalue weighted by molar-refractivity contribution is 0.185. The Labute approximate surface area is 94.7 Å². The van der Waals surface area contributed by atoms with Gasteiger partial charge in [0, 0.05) is 6.54 Å². The number of aliphatic hydroxyl groups excluding tert-OH is 1. The minimum absolute atomic E-state index is 0.138. The van der Waals surface area contributed by atoms with E-state index in [1.165, 1.54) is 21.3 Å². The third-order valence-electron chi connectivity index (χ3n) is 2.30. The Morgan fingerprint density at radius 2 is 1.62 bits per heavy atom. The molecule has 0 radical (unpaired) electrons. The van der Waals surface area contributed by atoms with Crippen molar-refractivity contribution in [1.82, 2.24) is 0 Å². The Bertz CT molecular complexity index is 329. The molecule has 0 saturated heterocycles. The molecule has 5 nitrogen and oxygen atoms in total. The van der Waals surface area contributed by atoms with Crippen LogP contribution in [0.1, 0.15) is 11.7 Å². The molecule has 0 aliphatic carbocycles. The molecule has 1 aromatic carbocycles. The van der Waals surface area contributed by atoms with E-state index in [2.05, 4.69) is 0 Å². The highest BCUT2D eigenvalue weighted by molar-refractivity contribution is 5.54. The summed E-state index contributed by atoms with van der Waals surface area (Å²) in [4.78, 5) is 0. The Balaban J connectivity index is 3.25. The number of ether oxygens (including phenoxy) is 3. The number of hydrogen-bond acceptors (Lipinski definition) is 5. The van der Waals surface area contributed by atoms with Crippen molar-refractivity contribution in [2.45, 2.75) is 6.10 Å². The van der Waals surface area contributed by atoms with Gasteiger partial charge in [-0.15, -0.1) is 0 Å². The Kier molecular flexibility index (Phi) is 4.39. The number of nitrogens with two attached hydrogens (primary N) is 1. The van der Waals surface area contributed by atoms with Crippen LogP contribution in [-0.2, 0) is 0 Å². The van der Waals surface area contributed by atoms with Gasteiger partial charge < -0.3 is 25.1 Å². The van der Waals surface area contributed by atoms with E-state index < -0.39 is 6.10 Å². The molecule has 16 heavy (non-hydrogen) atoms. The molecule has 0 amide bonds. The van der Waals surface area contributed by atoms with Gasteiger partial charge in [0.2, 0.25) is 5.75 Å². The van der Waals surface area contributed by atoms with E-state index in [9.17, 15) is 5.11 Å². The Hall–Kier alpha value is -1.46. The van der Waals surface area contributed by atoms with Crippen molar-refractivity contribution >= 4 is 0 Å². The lowest BCUT2D eigenvalue weighted by Crippen LogP contribution is -2.12. The topological polar surface area (TPSA) is 73.9 Å². The van der Waals surface area contributed by atoms with E-state index in [1.807, 2.05) is 0 Å².